The molecule has 0 radical (unpaired) electrons. The van der Waals surface area contributed by atoms with Gasteiger partial charge in [-0.2, -0.15) is 0 Å². The van der Waals surface area contributed by atoms with Crippen LogP contribution in [-0.4, -0.2) is 84.2 Å². The second-order valence-corrected chi connectivity index (χ2v) is 37.2. The largest absolute Gasteiger partial charge is 0.490 e. The molecule has 0 fully saturated rings. The number of ether oxygens (including phenoxy) is 1. The minimum atomic E-state index is 0.0384. The molecule has 1 aromatic heterocycles. The van der Waals surface area contributed by atoms with Crippen molar-refractivity contribution in [3.8, 4) is 5.75 Å². The molecule has 5 amide bonds. The first kappa shape index (κ1) is 85.7. The zero-order valence-electron chi connectivity index (χ0n) is 71.0. The molecule has 114 heavy (non-hydrogen) atoms. The van der Waals surface area contributed by atoms with Crippen molar-refractivity contribution in [3.63, 3.8) is 0 Å². The summed E-state index contributed by atoms with van der Waals surface area (Å²) in [5.41, 5.74) is 21.4. The van der Waals surface area contributed by atoms with Gasteiger partial charge in [-0.05, 0) is 232 Å². The lowest BCUT2D eigenvalue weighted by Gasteiger charge is -2.30. The van der Waals surface area contributed by atoms with Crippen molar-refractivity contribution in [2.24, 2.45) is 27.1 Å². The number of carbonyl (C=O) groups is 5. The molecule has 0 aliphatic carbocycles. The van der Waals surface area contributed by atoms with Gasteiger partial charge in [-0.15, -0.1) is 0 Å². The lowest BCUT2D eigenvalue weighted by atomic mass is 9.87. The first-order valence-electron chi connectivity index (χ1n) is 40.8. The highest BCUT2D eigenvalue weighted by Crippen LogP contribution is 2.36. The van der Waals surface area contributed by atoms with Gasteiger partial charge in [0.05, 0.1) is 12.2 Å². The predicted octanol–water partition coefficient (Wildman–Crippen LogP) is 22.4. The first-order valence-corrected chi connectivity index (χ1v) is 40.8. The van der Waals surface area contributed by atoms with Crippen molar-refractivity contribution in [3.05, 3.63) is 326 Å². The number of para-hydroxylation sites is 3. The molecule has 0 saturated heterocycles. The summed E-state index contributed by atoms with van der Waals surface area (Å²) in [6, 6.07) is 76.7. The molecule has 12 heteroatoms. The fraction of sp³-hybridized carbons (Fsp3) is 0.373. The molecular formula is C102H122N6O6. The number of nitrogens with zero attached hydrogens (tertiary/aromatic N) is 6. The standard InChI is InChI=1S/C22H27NO.C20H26N2O.C20H23NO2.2C20H23NO/c1-16-10-11-20-18(13-16)9-6-12-23(20)21(24)19-8-5-7-17(14-19)15-22(2,3)4;1-20(2,3)15-16-8-7-9-17(14-16)19(23)22(4)13-11-18-10-5-6-12-21-18;1-20(2,3)14-15-7-6-8-16(13-15)19(22)21-11-12-23-18-10-5-4-9-17(18)21;1-20(2,3)14-15-7-6-9-17(13-15)19(22)21-12-11-16-8-4-5-10-18(16)21;1-20(2,3)12-15-7-6-10-16(11-15)19(22)21-13-17-8-4-5-9-18(17)14-21/h5,7-8,10-11,13-14H,6,9,12,15H2,1-4H3;5-10,12,14H,11,13,15H2,1-4H3;4-10,13H,11-12,14H2,1-3H3;4-10,13H,11-12,14H2,1-3H3;4-11H,12-14H2,1-3H3. The van der Waals surface area contributed by atoms with Crippen LogP contribution in [0.4, 0.5) is 17.1 Å². The van der Waals surface area contributed by atoms with Gasteiger partial charge in [0.15, 0.2) is 0 Å². The molecule has 0 unspecified atom stereocenters. The summed E-state index contributed by atoms with van der Waals surface area (Å²) in [5, 5.41) is 0. The summed E-state index contributed by atoms with van der Waals surface area (Å²) in [6.07, 6.45) is 10.4. The smallest absolute Gasteiger partial charge is 0.258 e. The van der Waals surface area contributed by atoms with Crippen LogP contribution >= 0.6 is 0 Å². The van der Waals surface area contributed by atoms with E-state index >= 15 is 0 Å². The predicted molar refractivity (Wildman–Crippen MR) is 470 cm³/mol. The number of aromatic nitrogens is 1. The van der Waals surface area contributed by atoms with E-state index < -0.39 is 0 Å². The summed E-state index contributed by atoms with van der Waals surface area (Å²) in [7, 11) is 1.85. The Morgan fingerprint density at radius 1 is 0.377 bits per heavy atom. The summed E-state index contributed by atoms with van der Waals surface area (Å²) in [6.45, 7) is 40.2. The number of likely N-dealkylation sites (N-methyl/N-ethyl adjacent to an activating group) is 1. The van der Waals surface area contributed by atoms with E-state index in [0.717, 1.165) is 140 Å². The molecule has 0 atom stereocenters. The van der Waals surface area contributed by atoms with Gasteiger partial charge in [-0.3, -0.25) is 29.0 Å². The normalized spacial score (nSPS) is 13.6. The Hall–Kier alpha value is -10.7. The van der Waals surface area contributed by atoms with Gasteiger partial charge >= 0.3 is 0 Å². The van der Waals surface area contributed by atoms with Crippen LogP contribution in [0.2, 0.25) is 0 Å². The van der Waals surface area contributed by atoms with Crippen LogP contribution in [0.3, 0.4) is 0 Å². The van der Waals surface area contributed by atoms with E-state index in [-0.39, 0.29) is 56.6 Å². The van der Waals surface area contributed by atoms with Crippen LogP contribution in [-0.2, 0) is 64.5 Å². The van der Waals surface area contributed by atoms with E-state index in [4.69, 9.17) is 4.74 Å². The fourth-order valence-electron chi connectivity index (χ4n) is 15.3. The molecule has 12 nitrogen and oxygen atoms in total. The SMILES string of the molecule is CC(C)(C)Cc1cccc(C(=O)N2CCOc3ccccc32)c1.CC(C)(C)Cc1cccc(C(=O)N2CCc3ccccc32)c1.CC(C)(C)Cc1cccc(C(=O)N2Cc3ccccc3C2)c1.CN(CCc1ccccn1)C(=O)c1cccc(CC(C)(C)C)c1.Cc1ccc2c(c1)CCCN2C(=O)c1cccc(CC(C)(C)C)c1. The van der Waals surface area contributed by atoms with E-state index in [1.807, 2.05) is 172 Å². The number of hydrogen-bond donors (Lipinski definition) is 0. The van der Waals surface area contributed by atoms with Crippen LogP contribution < -0.4 is 19.4 Å². The van der Waals surface area contributed by atoms with Gasteiger partial charge in [0.2, 0.25) is 0 Å². The maximum Gasteiger partial charge on any atom is 0.258 e. The zero-order chi connectivity index (χ0) is 82.1. The van der Waals surface area contributed by atoms with Crippen LogP contribution in [0, 0.1) is 34.0 Å². The van der Waals surface area contributed by atoms with Crippen LogP contribution in [0.15, 0.2) is 237 Å². The lowest BCUT2D eigenvalue weighted by molar-refractivity contribution is 0.0749. The van der Waals surface area contributed by atoms with Crippen molar-refractivity contribution in [1.82, 2.24) is 14.8 Å². The Morgan fingerprint density at radius 2 is 0.772 bits per heavy atom. The number of aryl methyl sites for hydroxylation is 2. The van der Waals surface area contributed by atoms with E-state index in [1.165, 1.54) is 55.6 Å². The molecule has 5 heterocycles. The molecule has 14 rings (SSSR count). The van der Waals surface area contributed by atoms with E-state index in [2.05, 4.69) is 201 Å². The zero-order valence-corrected chi connectivity index (χ0v) is 71.0. The summed E-state index contributed by atoms with van der Waals surface area (Å²) in [4.78, 5) is 77.9. The van der Waals surface area contributed by atoms with Crippen molar-refractivity contribution in [2.75, 3.05) is 54.5 Å². The van der Waals surface area contributed by atoms with Gasteiger partial charge < -0.3 is 29.2 Å². The molecule has 0 bridgehead atoms. The number of benzene rings is 9. The molecule has 10 aromatic rings. The van der Waals surface area contributed by atoms with Gasteiger partial charge in [0.25, 0.3) is 29.5 Å². The van der Waals surface area contributed by atoms with E-state index in [1.54, 1.807) is 11.1 Å². The molecule has 9 aromatic carbocycles. The third-order valence-electron chi connectivity index (χ3n) is 20.2. The molecule has 4 aliphatic heterocycles. The summed E-state index contributed by atoms with van der Waals surface area (Å²) in [5.74, 6) is 1.24. The monoisotopic (exact) mass is 1530 g/mol. The number of carbonyl (C=O) groups excluding carboxylic acids is 5. The number of anilines is 3. The second-order valence-electron chi connectivity index (χ2n) is 37.2. The van der Waals surface area contributed by atoms with Crippen LogP contribution in [0.1, 0.15) is 223 Å². The van der Waals surface area contributed by atoms with Gasteiger partial charge in [0, 0.05) is 97.3 Å². The average Bonchev–Trinajstić information content (AvgIpc) is 1.05. The van der Waals surface area contributed by atoms with Crippen molar-refractivity contribution in [1.29, 1.82) is 0 Å². The number of hydrogen-bond acceptors (Lipinski definition) is 7. The quantitative estimate of drug-likeness (QED) is 0.113. The van der Waals surface area contributed by atoms with Gasteiger partial charge in [0.1, 0.15) is 12.4 Å². The third-order valence-corrected chi connectivity index (χ3v) is 20.2. The Kier molecular flexibility index (Phi) is 28.5. The number of rotatable bonds is 13. The van der Waals surface area contributed by atoms with Gasteiger partial charge in [-0.25, -0.2) is 0 Å². The Labute approximate surface area is 681 Å². The van der Waals surface area contributed by atoms with Crippen molar-refractivity contribution >= 4 is 46.6 Å². The molecular weight excluding hydrogens is 1410 g/mol. The maximum absolute atomic E-state index is 13.1. The Bertz CT molecular complexity index is 4920. The first-order chi connectivity index (χ1) is 54.0. The molecule has 0 spiro atoms. The number of amides is 5. The summed E-state index contributed by atoms with van der Waals surface area (Å²) >= 11 is 0. The second kappa shape index (κ2) is 37.9. The minimum Gasteiger partial charge on any atom is -0.490 e. The number of fused-ring (bicyclic) bond motifs is 4. The molecule has 596 valence electrons. The van der Waals surface area contributed by atoms with Crippen molar-refractivity contribution in [2.45, 2.75) is 182 Å². The highest BCUT2D eigenvalue weighted by atomic mass is 16.5. The third kappa shape index (κ3) is 25.4. The Balaban J connectivity index is 0.000000151. The molecule has 4 aliphatic rings. The highest BCUT2D eigenvalue weighted by molar-refractivity contribution is 6.09. The van der Waals surface area contributed by atoms with E-state index in [9.17, 15) is 24.0 Å². The van der Waals surface area contributed by atoms with Gasteiger partial charge in [-0.1, -0.05) is 243 Å². The average molecular weight is 1530 g/mol. The summed E-state index contributed by atoms with van der Waals surface area (Å²) < 4.78 is 5.64. The topological polar surface area (TPSA) is 124 Å². The lowest BCUT2D eigenvalue weighted by Crippen LogP contribution is -2.37. The molecule has 0 saturated carbocycles. The highest BCUT2D eigenvalue weighted by Gasteiger charge is 2.30. The molecule has 0 N–H and O–H groups in total. The minimum absolute atomic E-state index is 0.0384. The van der Waals surface area contributed by atoms with E-state index in [0.29, 0.717) is 19.7 Å². The van der Waals surface area contributed by atoms with Crippen LogP contribution in [0.5, 0.6) is 5.75 Å². The fourth-order valence-corrected chi connectivity index (χ4v) is 15.3. The Morgan fingerprint density at radius 3 is 1.24 bits per heavy atom. The van der Waals surface area contributed by atoms with Crippen LogP contribution in [0.25, 0.3) is 0 Å². The van der Waals surface area contributed by atoms with Crippen molar-refractivity contribution < 1.29 is 28.7 Å². The maximum atomic E-state index is 13.1. The number of pyridine rings is 1.